The summed E-state index contributed by atoms with van der Waals surface area (Å²) in [6.45, 7) is 1.84. The predicted octanol–water partition coefficient (Wildman–Crippen LogP) is 4.37. The Kier molecular flexibility index (Phi) is 5.67. The molecule has 2 aromatic rings. The van der Waals surface area contributed by atoms with E-state index in [1.54, 1.807) is 0 Å². The molecule has 5 heteroatoms. The van der Waals surface area contributed by atoms with Gasteiger partial charge in [0.2, 0.25) is 0 Å². The number of hydrogen-bond donors (Lipinski definition) is 1. The minimum Gasteiger partial charge on any atom is -0.345 e. The number of benzene rings is 2. The van der Waals surface area contributed by atoms with Gasteiger partial charge in [0.25, 0.3) is 5.91 Å². The van der Waals surface area contributed by atoms with E-state index in [0.29, 0.717) is 5.56 Å². The number of hydrogen-bond acceptors (Lipinski definition) is 2. The van der Waals surface area contributed by atoms with E-state index in [2.05, 4.69) is 21.2 Å². The van der Waals surface area contributed by atoms with E-state index in [4.69, 9.17) is 0 Å². The number of halogens is 2. The zero-order chi connectivity index (χ0) is 16.8. The van der Waals surface area contributed by atoms with Crippen molar-refractivity contribution in [2.24, 2.45) is 0 Å². The molecule has 1 unspecified atom stereocenters. The quantitative estimate of drug-likeness (QED) is 0.639. The van der Waals surface area contributed by atoms with Crippen LogP contribution < -0.4 is 5.32 Å². The van der Waals surface area contributed by atoms with Crippen molar-refractivity contribution in [3.63, 3.8) is 0 Å². The molecule has 0 aliphatic heterocycles. The monoisotopic (exact) mass is 372 g/mol. The zero-order valence-corrected chi connectivity index (χ0v) is 14.0. The van der Waals surface area contributed by atoms with Crippen LogP contribution in [0.1, 0.15) is 24.1 Å². The molecule has 0 radical (unpaired) electrons. The zero-order valence-electron chi connectivity index (χ0n) is 12.4. The average Bonchev–Trinajstić information content (AvgIpc) is 2.56. The number of carbonyl (C=O) groups is 1. The van der Waals surface area contributed by atoms with E-state index < -0.39 is 11.7 Å². The highest BCUT2D eigenvalue weighted by Crippen LogP contribution is 2.19. The van der Waals surface area contributed by atoms with Gasteiger partial charge < -0.3 is 5.32 Å². The van der Waals surface area contributed by atoms with Gasteiger partial charge in [0.1, 0.15) is 17.5 Å². The first-order valence-electron chi connectivity index (χ1n) is 6.94. The molecule has 2 rings (SSSR count). The van der Waals surface area contributed by atoms with Crippen molar-refractivity contribution in [3.8, 4) is 6.07 Å². The summed E-state index contributed by atoms with van der Waals surface area (Å²) in [6.07, 6.45) is 1.43. The summed E-state index contributed by atoms with van der Waals surface area (Å²) in [5.41, 5.74) is 1.48. The minimum atomic E-state index is -0.468. The molecule has 116 valence electrons. The van der Waals surface area contributed by atoms with Gasteiger partial charge in [-0.1, -0.05) is 36.4 Å². The SMILES string of the molecule is CC(NC(=O)/C(C#N)=C/c1ccc(F)c(Br)c1)c1ccccc1. The fourth-order valence-corrected chi connectivity index (χ4v) is 2.41. The molecule has 0 fully saturated rings. The lowest BCUT2D eigenvalue weighted by Crippen LogP contribution is -2.27. The Morgan fingerprint density at radius 2 is 2.00 bits per heavy atom. The molecule has 2 aromatic carbocycles. The summed E-state index contributed by atoms with van der Waals surface area (Å²) in [5, 5.41) is 12.0. The molecule has 3 nitrogen and oxygen atoms in total. The van der Waals surface area contributed by atoms with Crippen molar-refractivity contribution in [2.45, 2.75) is 13.0 Å². The molecular weight excluding hydrogens is 359 g/mol. The first kappa shape index (κ1) is 16.9. The first-order chi connectivity index (χ1) is 11.0. The summed E-state index contributed by atoms with van der Waals surface area (Å²) in [5.74, 6) is -0.868. The number of amides is 1. The third kappa shape index (κ3) is 4.51. The van der Waals surface area contributed by atoms with Crippen molar-refractivity contribution in [1.82, 2.24) is 5.32 Å². The number of nitriles is 1. The number of nitrogens with zero attached hydrogens (tertiary/aromatic N) is 1. The van der Waals surface area contributed by atoms with Gasteiger partial charge in [0, 0.05) is 0 Å². The maximum Gasteiger partial charge on any atom is 0.262 e. The smallest absolute Gasteiger partial charge is 0.262 e. The highest BCUT2D eigenvalue weighted by molar-refractivity contribution is 9.10. The summed E-state index contributed by atoms with van der Waals surface area (Å²) in [7, 11) is 0. The molecule has 1 amide bonds. The van der Waals surface area contributed by atoms with Crippen molar-refractivity contribution in [1.29, 1.82) is 5.26 Å². The van der Waals surface area contributed by atoms with E-state index >= 15 is 0 Å². The molecule has 23 heavy (non-hydrogen) atoms. The van der Waals surface area contributed by atoms with Gasteiger partial charge in [-0.15, -0.1) is 0 Å². The molecule has 1 N–H and O–H groups in total. The molecule has 1 atom stereocenters. The van der Waals surface area contributed by atoms with Gasteiger partial charge in [-0.2, -0.15) is 5.26 Å². The molecule has 0 saturated carbocycles. The summed E-state index contributed by atoms with van der Waals surface area (Å²) < 4.78 is 13.5. The largest absolute Gasteiger partial charge is 0.345 e. The molecule has 0 aliphatic rings. The van der Waals surface area contributed by atoms with Crippen molar-refractivity contribution >= 4 is 27.9 Å². The Bertz CT molecular complexity index is 781. The van der Waals surface area contributed by atoms with Crippen molar-refractivity contribution in [2.75, 3.05) is 0 Å². The van der Waals surface area contributed by atoms with Crippen LogP contribution in [0, 0.1) is 17.1 Å². The maximum absolute atomic E-state index is 13.2. The standard InChI is InChI=1S/C18H14BrFN2O/c1-12(14-5-3-2-4-6-14)22-18(23)15(11-21)9-13-7-8-17(20)16(19)10-13/h2-10,12H,1H3,(H,22,23)/b15-9+. The molecule has 0 saturated heterocycles. The Hall–Kier alpha value is -2.45. The topological polar surface area (TPSA) is 52.9 Å². The Morgan fingerprint density at radius 3 is 2.61 bits per heavy atom. The van der Waals surface area contributed by atoms with Crippen molar-refractivity contribution < 1.29 is 9.18 Å². The molecule has 0 bridgehead atoms. The van der Waals surface area contributed by atoms with Crippen LogP contribution in [0.5, 0.6) is 0 Å². The van der Waals surface area contributed by atoms with Crippen LogP contribution in [0.4, 0.5) is 4.39 Å². The minimum absolute atomic E-state index is 0.0358. The lowest BCUT2D eigenvalue weighted by molar-refractivity contribution is -0.117. The van der Waals surface area contributed by atoms with Crippen LogP contribution >= 0.6 is 15.9 Å². The third-order valence-corrected chi connectivity index (χ3v) is 3.87. The lowest BCUT2D eigenvalue weighted by atomic mass is 10.1. The fraction of sp³-hybridized carbons (Fsp3) is 0.111. The first-order valence-corrected chi connectivity index (χ1v) is 7.73. The highest BCUT2D eigenvalue weighted by Gasteiger charge is 2.13. The molecule has 0 aromatic heterocycles. The highest BCUT2D eigenvalue weighted by atomic mass is 79.9. The van der Waals surface area contributed by atoms with E-state index in [-0.39, 0.29) is 16.1 Å². The maximum atomic E-state index is 13.2. The van der Waals surface area contributed by atoms with Gasteiger partial charge in [0.05, 0.1) is 10.5 Å². The van der Waals surface area contributed by atoms with Gasteiger partial charge in [0.15, 0.2) is 0 Å². The second kappa shape index (κ2) is 7.70. The summed E-state index contributed by atoms with van der Waals surface area (Å²) in [6, 6.07) is 15.4. The Balaban J connectivity index is 2.17. The normalized spacial score (nSPS) is 12.3. The summed E-state index contributed by atoms with van der Waals surface area (Å²) >= 11 is 3.08. The Morgan fingerprint density at radius 1 is 1.30 bits per heavy atom. The van der Waals surface area contributed by atoms with Gasteiger partial charge >= 0.3 is 0 Å². The van der Waals surface area contributed by atoms with Crippen LogP contribution in [0.25, 0.3) is 6.08 Å². The lowest BCUT2D eigenvalue weighted by Gasteiger charge is -2.13. The molecule has 0 spiro atoms. The average molecular weight is 373 g/mol. The van der Waals surface area contributed by atoms with Crippen LogP contribution in [0.3, 0.4) is 0 Å². The van der Waals surface area contributed by atoms with E-state index in [1.165, 1.54) is 24.3 Å². The molecule has 0 heterocycles. The third-order valence-electron chi connectivity index (χ3n) is 3.27. The van der Waals surface area contributed by atoms with Crippen LogP contribution in [-0.4, -0.2) is 5.91 Å². The van der Waals surface area contributed by atoms with E-state index in [1.807, 2.05) is 43.3 Å². The van der Waals surface area contributed by atoms with E-state index in [9.17, 15) is 14.4 Å². The predicted molar refractivity (Wildman–Crippen MR) is 90.7 cm³/mol. The second-order valence-corrected chi connectivity index (χ2v) is 5.80. The van der Waals surface area contributed by atoms with Crippen molar-refractivity contribution in [3.05, 3.63) is 75.5 Å². The van der Waals surface area contributed by atoms with Gasteiger partial charge in [-0.05, 0) is 52.2 Å². The summed E-state index contributed by atoms with van der Waals surface area (Å²) in [4.78, 5) is 12.2. The van der Waals surface area contributed by atoms with Crippen LogP contribution in [0.15, 0.2) is 58.6 Å². The number of nitrogens with one attached hydrogen (secondary N) is 1. The van der Waals surface area contributed by atoms with Crippen LogP contribution in [-0.2, 0) is 4.79 Å². The van der Waals surface area contributed by atoms with Gasteiger partial charge in [-0.3, -0.25) is 4.79 Å². The molecule has 0 aliphatic carbocycles. The fourth-order valence-electron chi connectivity index (χ4n) is 2.02. The van der Waals surface area contributed by atoms with Gasteiger partial charge in [-0.25, -0.2) is 4.39 Å². The number of rotatable bonds is 4. The Labute approximate surface area is 142 Å². The van der Waals surface area contributed by atoms with Crippen LogP contribution in [0.2, 0.25) is 0 Å². The van der Waals surface area contributed by atoms with E-state index in [0.717, 1.165) is 5.56 Å². The number of carbonyl (C=O) groups excluding carboxylic acids is 1. The molecular formula is C18H14BrFN2O. The second-order valence-electron chi connectivity index (χ2n) is 4.95.